The molecule has 0 aromatic carbocycles. The molecule has 1 saturated heterocycles. The Balaban J connectivity index is 2.11. The molecule has 2 nitrogen and oxygen atoms in total. The van der Waals surface area contributed by atoms with E-state index in [0.29, 0.717) is 0 Å². The Bertz CT molecular complexity index is 139. The number of ether oxygens (including phenoxy) is 1. The topological polar surface area (TPSA) is 12.5 Å². The van der Waals surface area contributed by atoms with Crippen molar-refractivity contribution in [1.82, 2.24) is 4.90 Å². The van der Waals surface area contributed by atoms with Gasteiger partial charge in [-0.2, -0.15) is 0 Å². The molecule has 0 aromatic rings. The molecule has 0 atom stereocenters. The quantitative estimate of drug-likeness (QED) is 0.674. The van der Waals surface area contributed by atoms with Crippen LogP contribution in [0.3, 0.4) is 0 Å². The molecular weight excluding hydrogens is 174 g/mol. The minimum Gasteiger partial charge on any atom is -0.383 e. The first-order valence-corrected chi connectivity index (χ1v) is 5.93. The molecule has 2 heteroatoms. The van der Waals surface area contributed by atoms with Crippen LogP contribution in [0.1, 0.15) is 33.1 Å². The fourth-order valence-electron chi connectivity index (χ4n) is 2.33. The lowest BCUT2D eigenvalue weighted by molar-refractivity contribution is 0.115. The van der Waals surface area contributed by atoms with E-state index in [0.717, 1.165) is 25.0 Å². The van der Waals surface area contributed by atoms with Gasteiger partial charge in [-0.05, 0) is 44.2 Å². The third kappa shape index (κ3) is 4.43. The third-order valence-electron chi connectivity index (χ3n) is 3.12. The summed E-state index contributed by atoms with van der Waals surface area (Å²) >= 11 is 0. The molecule has 0 bridgehead atoms. The molecule has 0 spiro atoms. The Labute approximate surface area is 88.6 Å². The van der Waals surface area contributed by atoms with Crippen molar-refractivity contribution in [2.24, 2.45) is 11.8 Å². The maximum atomic E-state index is 5.09. The normalized spacial score (nSPS) is 20.6. The van der Waals surface area contributed by atoms with Gasteiger partial charge in [-0.25, -0.2) is 0 Å². The predicted octanol–water partition coefficient (Wildman–Crippen LogP) is 2.39. The van der Waals surface area contributed by atoms with E-state index >= 15 is 0 Å². The van der Waals surface area contributed by atoms with Gasteiger partial charge in [0, 0.05) is 13.7 Å². The van der Waals surface area contributed by atoms with E-state index in [-0.39, 0.29) is 0 Å². The second-order valence-electron chi connectivity index (χ2n) is 4.91. The van der Waals surface area contributed by atoms with Crippen molar-refractivity contribution in [2.75, 3.05) is 33.4 Å². The summed E-state index contributed by atoms with van der Waals surface area (Å²) in [5.41, 5.74) is 0. The lowest BCUT2D eigenvalue weighted by Crippen LogP contribution is -2.36. The molecule has 0 aromatic heterocycles. The van der Waals surface area contributed by atoms with Crippen LogP contribution in [-0.4, -0.2) is 38.3 Å². The van der Waals surface area contributed by atoms with E-state index in [1.54, 1.807) is 7.11 Å². The number of rotatable bonds is 5. The molecule has 0 unspecified atom stereocenters. The highest BCUT2D eigenvalue weighted by atomic mass is 16.5. The van der Waals surface area contributed by atoms with Crippen LogP contribution in [0.4, 0.5) is 0 Å². The Morgan fingerprint density at radius 1 is 1.29 bits per heavy atom. The van der Waals surface area contributed by atoms with Gasteiger partial charge in [0.15, 0.2) is 0 Å². The number of hydrogen-bond acceptors (Lipinski definition) is 2. The second kappa shape index (κ2) is 6.41. The fourth-order valence-corrected chi connectivity index (χ4v) is 2.33. The van der Waals surface area contributed by atoms with Crippen LogP contribution in [0.15, 0.2) is 0 Å². The molecule has 0 N–H and O–H groups in total. The smallest absolute Gasteiger partial charge is 0.0589 e. The summed E-state index contributed by atoms with van der Waals surface area (Å²) in [4.78, 5) is 2.53. The molecular formula is C12H25NO. The van der Waals surface area contributed by atoms with Crippen LogP contribution in [0.2, 0.25) is 0 Å². The number of piperidine rings is 1. The Kier molecular flexibility index (Phi) is 5.49. The van der Waals surface area contributed by atoms with Crippen molar-refractivity contribution < 1.29 is 4.74 Å². The van der Waals surface area contributed by atoms with Crippen molar-refractivity contribution in [3.8, 4) is 0 Å². The van der Waals surface area contributed by atoms with E-state index < -0.39 is 0 Å². The molecule has 84 valence electrons. The third-order valence-corrected chi connectivity index (χ3v) is 3.12. The van der Waals surface area contributed by atoms with Crippen molar-refractivity contribution in [3.63, 3.8) is 0 Å². The summed E-state index contributed by atoms with van der Waals surface area (Å²) in [5.74, 6) is 1.85. The number of hydrogen-bond donors (Lipinski definition) is 0. The zero-order valence-corrected chi connectivity index (χ0v) is 9.96. The Morgan fingerprint density at radius 3 is 2.43 bits per heavy atom. The van der Waals surface area contributed by atoms with Gasteiger partial charge in [0.2, 0.25) is 0 Å². The van der Waals surface area contributed by atoms with E-state index in [9.17, 15) is 0 Å². The number of methoxy groups -OCH3 is 1. The minimum atomic E-state index is 0.866. The van der Waals surface area contributed by atoms with Gasteiger partial charge in [0.1, 0.15) is 0 Å². The average molecular weight is 199 g/mol. The highest BCUT2D eigenvalue weighted by Crippen LogP contribution is 2.23. The first kappa shape index (κ1) is 12.0. The van der Waals surface area contributed by atoms with Gasteiger partial charge in [-0.15, -0.1) is 0 Å². The standard InChI is InChI=1S/C12H25NO/c1-11(2)10-12-4-6-13(7-5-12)8-9-14-3/h11-12H,4-10H2,1-3H3. The van der Waals surface area contributed by atoms with Crippen molar-refractivity contribution in [1.29, 1.82) is 0 Å². The maximum absolute atomic E-state index is 5.09. The summed E-state index contributed by atoms with van der Waals surface area (Å²) in [7, 11) is 1.78. The summed E-state index contributed by atoms with van der Waals surface area (Å²) in [6.45, 7) is 9.22. The lowest BCUT2D eigenvalue weighted by Gasteiger charge is -2.32. The van der Waals surface area contributed by atoms with E-state index in [4.69, 9.17) is 4.74 Å². The monoisotopic (exact) mass is 199 g/mol. The molecule has 0 radical (unpaired) electrons. The Morgan fingerprint density at radius 2 is 1.93 bits per heavy atom. The summed E-state index contributed by atoms with van der Waals surface area (Å²) in [5, 5.41) is 0. The van der Waals surface area contributed by atoms with Gasteiger partial charge < -0.3 is 9.64 Å². The first-order valence-electron chi connectivity index (χ1n) is 5.93. The zero-order chi connectivity index (χ0) is 10.4. The van der Waals surface area contributed by atoms with Crippen LogP contribution >= 0.6 is 0 Å². The number of nitrogens with zero attached hydrogens (tertiary/aromatic N) is 1. The van der Waals surface area contributed by atoms with Crippen molar-refractivity contribution in [3.05, 3.63) is 0 Å². The molecule has 0 saturated carbocycles. The van der Waals surface area contributed by atoms with Gasteiger partial charge in [-0.3, -0.25) is 0 Å². The van der Waals surface area contributed by atoms with E-state index in [2.05, 4.69) is 18.7 Å². The molecule has 1 heterocycles. The maximum Gasteiger partial charge on any atom is 0.0589 e. The van der Waals surface area contributed by atoms with Crippen LogP contribution < -0.4 is 0 Å². The molecule has 0 amide bonds. The van der Waals surface area contributed by atoms with Gasteiger partial charge in [0.25, 0.3) is 0 Å². The lowest BCUT2D eigenvalue weighted by atomic mass is 9.89. The van der Waals surface area contributed by atoms with Crippen molar-refractivity contribution >= 4 is 0 Å². The molecule has 1 fully saturated rings. The number of likely N-dealkylation sites (tertiary alicyclic amines) is 1. The summed E-state index contributed by atoms with van der Waals surface area (Å²) < 4.78 is 5.09. The van der Waals surface area contributed by atoms with E-state index in [1.807, 2.05) is 0 Å². The van der Waals surface area contributed by atoms with Crippen LogP contribution in [0.25, 0.3) is 0 Å². The summed E-state index contributed by atoms with van der Waals surface area (Å²) in [6.07, 6.45) is 4.20. The average Bonchev–Trinajstić information content (AvgIpc) is 2.16. The minimum absolute atomic E-state index is 0.866. The highest BCUT2D eigenvalue weighted by Gasteiger charge is 2.19. The fraction of sp³-hybridized carbons (Fsp3) is 1.00. The van der Waals surface area contributed by atoms with Gasteiger partial charge in [0.05, 0.1) is 6.61 Å². The van der Waals surface area contributed by atoms with Gasteiger partial charge >= 0.3 is 0 Å². The van der Waals surface area contributed by atoms with E-state index in [1.165, 1.54) is 32.4 Å². The molecule has 0 aliphatic carbocycles. The second-order valence-corrected chi connectivity index (χ2v) is 4.91. The molecule has 1 rings (SSSR count). The Hall–Kier alpha value is -0.0800. The summed E-state index contributed by atoms with van der Waals surface area (Å²) in [6, 6.07) is 0. The SMILES string of the molecule is COCCN1CCC(CC(C)C)CC1. The molecule has 1 aliphatic heterocycles. The highest BCUT2D eigenvalue weighted by molar-refractivity contribution is 4.72. The largest absolute Gasteiger partial charge is 0.383 e. The van der Waals surface area contributed by atoms with Crippen molar-refractivity contribution in [2.45, 2.75) is 33.1 Å². The zero-order valence-electron chi connectivity index (χ0n) is 9.96. The first-order chi connectivity index (χ1) is 6.72. The molecule has 1 aliphatic rings. The molecule has 14 heavy (non-hydrogen) atoms. The predicted molar refractivity (Wildman–Crippen MR) is 60.5 cm³/mol. The van der Waals surface area contributed by atoms with Crippen LogP contribution in [-0.2, 0) is 4.74 Å². The van der Waals surface area contributed by atoms with Crippen LogP contribution in [0, 0.1) is 11.8 Å². The van der Waals surface area contributed by atoms with Gasteiger partial charge in [-0.1, -0.05) is 13.8 Å². The van der Waals surface area contributed by atoms with Crippen LogP contribution in [0.5, 0.6) is 0 Å².